The molecule has 0 amide bonds. The third kappa shape index (κ3) is 3.62. The van der Waals surface area contributed by atoms with Gasteiger partial charge in [-0.15, -0.1) is 0 Å². The molecule has 2 nitrogen and oxygen atoms in total. The van der Waals surface area contributed by atoms with E-state index in [0.717, 1.165) is 22.4 Å². The molecule has 2 heteroatoms. The molecule has 0 spiro atoms. The first kappa shape index (κ1) is 13.2. The van der Waals surface area contributed by atoms with Gasteiger partial charge in [0.05, 0.1) is 5.69 Å². The Hall–Kier alpha value is -2.22. The van der Waals surface area contributed by atoms with Crippen molar-refractivity contribution in [3.05, 3.63) is 65.2 Å². The molecule has 0 fully saturated rings. The molecule has 0 aliphatic carbocycles. The van der Waals surface area contributed by atoms with Gasteiger partial charge >= 0.3 is 0 Å². The van der Waals surface area contributed by atoms with E-state index in [0.29, 0.717) is 6.42 Å². The highest BCUT2D eigenvalue weighted by Crippen LogP contribution is 2.16. The molecule has 19 heavy (non-hydrogen) atoms. The van der Waals surface area contributed by atoms with Crippen LogP contribution in [0.2, 0.25) is 0 Å². The van der Waals surface area contributed by atoms with Crippen LogP contribution < -0.4 is 0 Å². The lowest BCUT2D eigenvalue weighted by molar-refractivity contribution is 0.100. The van der Waals surface area contributed by atoms with Gasteiger partial charge in [0.2, 0.25) is 0 Å². The molecule has 0 heterocycles. The zero-order valence-corrected chi connectivity index (χ0v) is 11.3. The highest BCUT2D eigenvalue weighted by molar-refractivity contribution is 6.03. The van der Waals surface area contributed by atoms with Crippen molar-refractivity contribution in [2.45, 2.75) is 20.3 Å². The average molecular weight is 251 g/mol. The van der Waals surface area contributed by atoms with Gasteiger partial charge in [-0.25, -0.2) is 0 Å². The molecular formula is C17H17NO. The number of nitrogens with zero attached hydrogens (tertiary/aromatic N) is 1. The number of carbonyl (C=O) groups excluding carboxylic acids is 1. The number of rotatable bonds is 4. The highest BCUT2D eigenvalue weighted by Gasteiger charge is 2.03. The van der Waals surface area contributed by atoms with Crippen LogP contribution in [0.15, 0.2) is 53.5 Å². The van der Waals surface area contributed by atoms with Crippen molar-refractivity contribution in [3.63, 3.8) is 0 Å². The monoisotopic (exact) mass is 251 g/mol. The summed E-state index contributed by atoms with van der Waals surface area (Å²) in [5.74, 6) is 0.0948. The smallest absolute Gasteiger partial charge is 0.168 e. The zero-order chi connectivity index (χ0) is 13.7. The van der Waals surface area contributed by atoms with Gasteiger partial charge in [0.25, 0.3) is 0 Å². The Kier molecular flexibility index (Phi) is 4.24. The third-order valence-corrected chi connectivity index (χ3v) is 3.00. The van der Waals surface area contributed by atoms with Crippen LogP contribution in [-0.4, -0.2) is 12.0 Å². The molecular weight excluding hydrogens is 234 g/mol. The van der Waals surface area contributed by atoms with Gasteiger partial charge in [0, 0.05) is 18.2 Å². The zero-order valence-electron chi connectivity index (χ0n) is 11.3. The van der Waals surface area contributed by atoms with Crippen LogP contribution >= 0.6 is 0 Å². The first-order chi connectivity index (χ1) is 9.16. The number of benzene rings is 2. The van der Waals surface area contributed by atoms with E-state index in [-0.39, 0.29) is 5.78 Å². The molecule has 0 saturated carbocycles. The molecule has 0 atom stereocenters. The first-order valence-electron chi connectivity index (χ1n) is 6.35. The van der Waals surface area contributed by atoms with Crippen molar-refractivity contribution < 1.29 is 4.79 Å². The quantitative estimate of drug-likeness (QED) is 0.589. The molecule has 0 unspecified atom stereocenters. The lowest BCUT2D eigenvalue weighted by atomic mass is 10.1. The predicted molar refractivity (Wildman–Crippen MR) is 79.5 cm³/mol. The summed E-state index contributed by atoms with van der Waals surface area (Å²) >= 11 is 0. The molecule has 0 aliphatic heterocycles. The third-order valence-electron chi connectivity index (χ3n) is 3.00. The van der Waals surface area contributed by atoms with Crippen LogP contribution in [-0.2, 0) is 0 Å². The van der Waals surface area contributed by atoms with Crippen molar-refractivity contribution in [1.82, 2.24) is 0 Å². The molecule has 0 bridgehead atoms. The fourth-order valence-electron chi connectivity index (χ4n) is 1.79. The predicted octanol–water partition coefficient (Wildman–Crippen LogP) is 4.28. The summed E-state index contributed by atoms with van der Waals surface area (Å²) in [6.07, 6.45) is 2.02. The summed E-state index contributed by atoms with van der Waals surface area (Å²) < 4.78 is 0. The standard InChI is InChI=1S/C17H17NO/c1-13-7-9-15(10-8-13)17(19)11-12-18-16-6-4-3-5-14(16)2/h3-10,12H,11H2,1-2H3. The van der Waals surface area contributed by atoms with E-state index >= 15 is 0 Å². The molecule has 0 aliphatic rings. The minimum atomic E-state index is 0.0948. The van der Waals surface area contributed by atoms with E-state index < -0.39 is 0 Å². The van der Waals surface area contributed by atoms with Gasteiger partial charge in [-0.3, -0.25) is 9.79 Å². The lowest BCUT2D eigenvalue weighted by Gasteiger charge is -1.99. The Balaban J connectivity index is 2.01. The van der Waals surface area contributed by atoms with Crippen molar-refractivity contribution in [2.75, 3.05) is 0 Å². The normalized spacial score (nSPS) is 10.8. The molecule has 2 aromatic carbocycles. The fraction of sp³-hybridized carbons (Fsp3) is 0.176. The molecule has 2 rings (SSSR count). The Morgan fingerprint density at radius 2 is 1.74 bits per heavy atom. The number of para-hydroxylation sites is 1. The van der Waals surface area contributed by atoms with E-state index in [2.05, 4.69) is 4.99 Å². The van der Waals surface area contributed by atoms with Gasteiger partial charge in [-0.1, -0.05) is 48.0 Å². The molecule has 0 aromatic heterocycles. The van der Waals surface area contributed by atoms with Gasteiger partial charge in [0.1, 0.15) is 0 Å². The summed E-state index contributed by atoms with van der Waals surface area (Å²) in [5.41, 5.74) is 3.92. The number of aliphatic imine (C=N–C) groups is 1. The summed E-state index contributed by atoms with van der Waals surface area (Å²) in [6.45, 7) is 4.02. The van der Waals surface area contributed by atoms with Crippen molar-refractivity contribution in [2.24, 2.45) is 4.99 Å². The summed E-state index contributed by atoms with van der Waals surface area (Å²) in [5, 5.41) is 0. The fourth-order valence-corrected chi connectivity index (χ4v) is 1.79. The van der Waals surface area contributed by atoms with Gasteiger partial charge in [-0.2, -0.15) is 0 Å². The Bertz CT molecular complexity index is 597. The number of carbonyl (C=O) groups is 1. The minimum absolute atomic E-state index is 0.0948. The van der Waals surface area contributed by atoms with E-state index in [1.807, 2.05) is 62.4 Å². The average Bonchev–Trinajstić information content (AvgIpc) is 2.41. The SMILES string of the molecule is Cc1ccc(C(=O)CC=Nc2ccccc2C)cc1. The summed E-state index contributed by atoms with van der Waals surface area (Å²) in [4.78, 5) is 16.3. The van der Waals surface area contributed by atoms with Crippen molar-refractivity contribution in [1.29, 1.82) is 0 Å². The topological polar surface area (TPSA) is 29.4 Å². The van der Waals surface area contributed by atoms with E-state index in [1.165, 1.54) is 0 Å². The Morgan fingerprint density at radius 3 is 2.42 bits per heavy atom. The Morgan fingerprint density at radius 1 is 1.05 bits per heavy atom. The second kappa shape index (κ2) is 6.10. The second-order valence-electron chi connectivity index (χ2n) is 4.59. The van der Waals surface area contributed by atoms with Crippen LogP contribution in [0.25, 0.3) is 0 Å². The van der Waals surface area contributed by atoms with Gasteiger partial charge < -0.3 is 0 Å². The van der Waals surface area contributed by atoms with Crippen LogP contribution in [0.1, 0.15) is 27.9 Å². The van der Waals surface area contributed by atoms with Crippen molar-refractivity contribution >= 4 is 17.7 Å². The Labute approximate surface area is 113 Å². The maximum Gasteiger partial charge on any atom is 0.168 e. The second-order valence-corrected chi connectivity index (χ2v) is 4.59. The number of hydrogen-bond donors (Lipinski definition) is 0. The maximum absolute atomic E-state index is 11.9. The molecule has 0 radical (unpaired) electrons. The number of Topliss-reactive ketones (excluding diaryl/α,β-unsaturated/α-hetero) is 1. The number of aryl methyl sites for hydroxylation is 2. The minimum Gasteiger partial charge on any atom is -0.294 e. The van der Waals surface area contributed by atoms with Crippen molar-refractivity contribution in [3.8, 4) is 0 Å². The summed E-state index contributed by atoms with van der Waals surface area (Å²) in [6, 6.07) is 15.5. The first-order valence-corrected chi connectivity index (χ1v) is 6.35. The van der Waals surface area contributed by atoms with Crippen LogP contribution in [0.4, 0.5) is 5.69 Å². The van der Waals surface area contributed by atoms with Crippen LogP contribution in [0.3, 0.4) is 0 Å². The molecule has 0 N–H and O–H groups in total. The largest absolute Gasteiger partial charge is 0.294 e. The van der Waals surface area contributed by atoms with E-state index in [4.69, 9.17) is 0 Å². The number of hydrogen-bond acceptors (Lipinski definition) is 2. The maximum atomic E-state index is 11.9. The van der Waals surface area contributed by atoms with E-state index in [1.54, 1.807) is 6.21 Å². The highest BCUT2D eigenvalue weighted by atomic mass is 16.1. The van der Waals surface area contributed by atoms with E-state index in [9.17, 15) is 4.79 Å². The van der Waals surface area contributed by atoms with Crippen LogP contribution in [0, 0.1) is 13.8 Å². The lowest BCUT2D eigenvalue weighted by Crippen LogP contribution is -1.99. The summed E-state index contributed by atoms with van der Waals surface area (Å²) in [7, 11) is 0. The van der Waals surface area contributed by atoms with Crippen LogP contribution in [0.5, 0.6) is 0 Å². The molecule has 2 aromatic rings. The molecule has 96 valence electrons. The molecule has 0 saturated heterocycles. The van der Waals surface area contributed by atoms with Gasteiger partial charge in [-0.05, 0) is 25.5 Å². The number of ketones is 1. The van der Waals surface area contributed by atoms with Gasteiger partial charge in [0.15, 0.2) is 5.78 Å².